The molecule has 206 valence electrons. The van der Waals surface area contributed by atoms with Crippen molar-refractivity contribution in [2.24, 2.45) is 0 Å². The van der Waals surface area contributed by atoms with E-state index in [1.54, 1.807) is 47.5 Å². The van der Waals surface area contributed by atoms with Gasteiger partial charge in [0.05, 0.1) is 11.4 Å². The number of nitrogens with zero attached hydrogens (tertiary/aromatic N) is 2. The highest BCUT2D eigenvalue weighted by Crippen LogP contribution is 2.49. The van der Waals surface area contributed by atoms with Crippen LogP contribution in [-0.2, 0) is 17.0 Å². The molecule has 4 aromatic rings. The summed E-state index contributed by atoms with van der Waals surface area (Å²) in [5, 5.41) is 12.5. The van der Waals surface area contributed by atoms with E-state index >= 15 is 0 Å². The van der Waals surface area contributed by atoms with Gasteiger partial charge in [-0.2, -0.15) is 0 Å². The number of ether oxygens (including phenoxy) is 3. The van der Waals surface area contributed by atoms with Crippen molar-refractivity contribution in [3.63, 3.8) is 0 Å². The molecule has 8 nitrogen and oxygen atoms in total. The molecule has 0 saturated heterocycles. The lowest BCUT2D eigenvalue weighted by Gasteiger charge is -2.31. The first-order valence-corrected chi connectivity index (χ1v) is 14.1. The fourth-order valence-electron chi connectivity index (χ4n) is 5.84. The van der Waals surface area contributed by atoms with Crippen LogP contribution in [0, 0.1) is 6.92 Å². The minimum Gasteiger partial charge on any atom is -0.488 e. The lowest BCUT2D eigenvalue weighted by Crippen LogP contribution is -2.45. The van der Waals surface area contributed by atoms with E-state index in [-0.39, 0.29) is 19.1 Å². The molecule has 4 heterocycles. The number of halogens is 1. The van der Waals surface area contributed by atoms with Gasteiger partial charge in [0.25, 0.3) is 5.91 Å². The number of likely N-dealkylation sites (N-methyl/N-ethyl adjacent to an activating group) is 1. The Hall–Kier alpha value is -4.21. The summed E-state index contributed by atoms with van der Waals surface area (Å²) in [4.78, 5) is 32.7. The number of aryl methyl sites for hydroxylation is 1. The Kier molecular flexibility index (Phi) is 5.92. The molecule has 0 fully saturated rings. The zero-order valence-electron chi connectivity index (χ0n) is 22.3. The maximum Gasteiger partial charge on any atom is 0.265 e. The number of pyridine rings is 1. The molecule has 7 rings (SSSR count). The van der Waals surface area contributed by atoms with Gasteiger partial charge in [-0.1, -0.05) is 27.6 Å². The van der Waals surface area contributed by atoms with Gasteiger partial charge >= 0.3 is 0 Å². The molecule has 0 saturated carbocycles. The molecular weight excluding hydrogens is 588 g/mol. The predicted molar refractivity (Wildman–Crippen MR) is 155 cm³/mol. The molecule has 1 aromatic heterocycles. The van der Waals surface area contributed by atoms with Crippen molar-refractivity contribution in [2.75, 3.05) is 18.1 Å². The van der Waals surface area contributed by atoms with Crippen molar-refractivity contribution < 1.29 is 28.9 Å². The summed E-state index contributed by atoms with van der Waals surface area (Å²) >= 11 is 3.50. The van der Waals surface area contributed by atoms with E-state index in [4.69, 9.17) is 19.2 Å². The van der Waals surface area contributed by atoms with Crippen molar-refractivity contribution in [3.8, 4) is 28.5 Å². The van der Waals surface area contributed by atoms with Gasteiger partial charge < -0.3 is 24.2 Å². The van der Waals surface area contributed by atoms with Crippen LogP contribution in [0.1, 0.15) is 39.5 Å². The molecule has 0 radical (unpaired) electrons. The number of rotatable bonds is 4. The van der Waals surface area contributed by atoms with Gasteiger partial charge in [0.1, 0.15) is 23.9 Å². The Bertz CT molecular complexity index is 1770. The molecule has 41 heavy (non-hydrogen) atoms. The predicted octanol–water partition coefficient (Wildman–Crippen LogP) is 5.34. The number of anilines is 1. The number of fused-ring (bicyclic) bond motifs is 5. The molecule has 3 aliphatic rings. The third-order valence-electron chi connectivity index (χ3n) is 7.90. The van der Waals surface area contributed by atoms with Gasteiger partial charge in [0.2, 0.25) is 5.78 Å². The van der Waals surface area contributed by atoms with Crippen molar-refractivity contribution in [1.29, 1.82) is 0 Å². The average molecular weight is 613 g/mol. The number of ketones is 1. The summed E-state index contributed by atoms with van der Waals surface area (Å²) < 4.78 is 18.6. The van der Waals surface area contributed by atoms with Crippen LogP contribution in [0.3, 0.4) is 0 Å². The van der Waals surface area contributed by atoms with E-state index in [0.717, 1.165) is 32.6 Å². The number of carbonyl (C=O) groups excluding carboxylic acids is 2. The van der Waals surface area contributed by atoms with E-state index < -0.39 is 17.5 Å². The van der Waals surface area contributed by atoms with Gasteiger partial charge in [-0.15, -0.1) is 0 Å². The summed E-state index contributed by atoms with van der Waals surface area (Å²) in [7, 11) is 0. The molecule has 0 unspecified atom stereocenters. The molecule has 1 N–H and O–H groups in total. The fraction of sp³-hybridized carbons (Fsp3) is 0.219. The normalized spacial score (nSPS) is 20.1. The molecule has 3 aliphatic heterocycles. The molecule has 1 amide bonds. The van der Waals surface area contributed by atoms with Crippen LogP contribution in [0.25, 0.3) is 11.3 Å². The monoisotopic (exact) mass is 612 g/mol. The van der Waals surface area contributed by atoms with Crippen LogP contribution in [0.2, 0.25) is 0 Å². The van der Waals surface area contributed by atoms with E-state index in [1.807, 2.05) is 38.1 Å². The largest absolute Gasteiger partial charge is 0.488 e. The van der Waals surface area contributed by atoms with Crippen LogP contribution in [-0.4, -0.2) is 41.0 Å². The number of amides is 1. The lowest BCUT2D eigenvalue weighted by molar-refractivity contribution is -0.121. The van der Waals surface area contributed by atoms with Crippen LogP contribution >= 0.6 is 15.9 Å². The van der Waals surface area contributed by atoms with Crippen molar-refractivity contribution >= 4 is 33.3 Å². The first-order chi connectivity index (χ1) is 19.8. The molecule has 2 atom stereocenters. The third-order valence-corrected chi connectivity index (χ3v) is 8.39. The van der Waals surface area contributed by atoms with Crippen molar-refractivity contribution in [2.45, 2.75) is 32.2 Å². The number of benzene rings is 3. The highest BCUT2D eigenvalue weighted by molar-refractivity contribution is 9.10. The maximum absolute atomic E-state index is 14.1. The summed E-state index contributed by atoms with van der Waals surface area (Å²) in [5.41, 5.74) is 3.48. The van der Waals surface area contributed by atoms with E-state index in [0.29, 0.717) is 40.4 Å². The standard InChI is InChI=1S/C32H25BrN2O6/c1-3-35-24-7-5-18(12-27(24)40-16-28(35)36)30(37)31-32(38,23-13-21(33)6-9-26(23)41-31)20-11-19-15-39-25-8-4-17(2)10-22(25)29(19)34-14-20/h4-14,31,38H,3,15-16H2,1-2H3/t31-,32+/m0/s1. The first-order valence-electron chi connectivity index (χ1n) is 13.3. The van der Waals surface area contributed by atoms with Gasteiger partial charge in [0, 0.05) is 45.0 Å². The zero-order chi connectivity index (χ0) is 28.5. The van der Waals surface area contributed by atoms with Gasteiger partial charge in [-0.3, -0.25) is 14.6 Å². The minimum atomic E-state index is -1.84. The van der Waals surface area contributed by atoms with Crippen molar-refractivity contribution in [3.05, 3.63) is 99.2 Å². The second-order valence-electron chi connectivity index (χ2n) is 10.4. The minimum absolute atomic E-state index is 0.104. The zero-order valence-corrected chi connectivity index (χ0v) is 23.9. The maximum atomic E-state index is 14.1. The van der Waals surface area contributed by atoms with E-state index in [2.05, 4.69) is 15.9 Å². The Morgan fingerprint density at radius 1 is 1.05 bits per heavy atom. The summed E-state index contributed by atoms with van der Waals surface area (Å²) in [5.74, 6) is 1.02. The Balaban J connectivity index is 1.33. The molecule has 0 spiro atoms. The second-order valence-corrected chi connectivity index (χ2v) is 11.3. The lowest BCUT2D eigenvalue weighted by atomic mass is 9.80. The molecule has 0 bridgehead atoms. The highest BCUT2D eigenvalue weighted by Gasteiger charge is 2.53. The van der Waals surface area contributed by atoms with Crippen LogP contribution in [0.15, 0.2) is 71.3 Å². The Morgan fingerprint density at radius 2 is 1.85 bits per heavy atom. The van der Waals surface area contributed by atoms with E-state index in [1.165, 1.54) is 0 Å². The van der Waals surface area contributed by atoms with E-state index in [9.17, 15) is 14.7 Å². The number of Topliss-reactive ketones (excluding diaryl/α,β-unsaturated/α-hetero) is 1. The summed E-state index contributed by atoms with van der Waals surface area (Å²) in [6.07, 6.45) is 0.313. The molecule has 9 heteroatoms. The summed E-state index contributed by atoms with van der Waals surface area (Å²) in [6.45, 7) is 4.55. The Labute approximate surface area is 244 Å². The quantitative estimate of drug-likeness (QED) is 0.311. The van der Waals surface area contributed by atoms with Crippen LogP contribution in [0.4, 0.5) is 5.69 Å². The Morgan fingerprint density at radius 3 is 2.68 bits per heavy atom. The number of hydrogen-bond acceptors (Lipinski definition) is 7. The third kappa shape index (κ3) is 3.94. The molecule has 0 aliphatic carbocycles. The molecule has 3 aromatic carbocycles. The van der Waals surface area contributed by atoms with Gasteiger partial charge in [0.15, 0.2) is 18.3 Å². The van der Waals surface area contributed by atoms with Crippen LogP contribution in [0.5, 0.6) is 17.2 Å². The molecular formula is C32H25BrN2O6. The smallest absolute Gasteiger partial charge is 0.265 e. The van der Waals surface area contributed by atoms with Gasteiger partial charge in [-0.25, -0.2) is 0 Å². The number of hydrogen-bond donors (Lipinski definition) is 1. The number of aromatic nitrogens is 1. The van der Waals surface area contributed by atoms with Crippen LogP contribution < -0.4 is 19.1 Å². The number of aliphatic hydroxyl groups is 1. The fourth-order valence-corrected chi connectivity index (χ4v) is 6.20. The van der Waals surface area contributed by atoms with Crippen molar-refractivity contribution in [1.82, 2.24) is 4.98 Å². The highest BCUT2D eigenvalue weighted by atomic mass is 79.9. The number of carbonyl (C=O) groups is 2. The summed E-state index contributed by atoms with van der Waals surface area (Å²) in [6, 6.07) is 18.0. The first kappa shape index (κ1) is 25.7. The topological polar surface area (TPSA) is 98.2 Å². The second kappa shape index (κ2) is 9.43. The SMILES string of the molecule is CCN1C(=O)COc2cc(C(=O)[C@@H]3Oc4ccc(Br)cc4[C@]3(O)c3cnc4c(c3)COc3ccc(C)cc3-4)ccc21. The average Bonchev–Trinajstić information content (AvgIpc) is 3.28. The van der Waals surface area contributed by atoms with Gasteiger partial charge in [-0.05, 0) is 68.4 Å².